The van der Waals surface area contributed by atoms with E-state index in [9.17, 15) is 0 Å². The van der Waals surface area contributed by atoms with Gasteiger partial charge in [-0.3, -0.25) is 0 Å². The molecule has 0 saturated carbocycles. The molecule has 1 rings (SSSR count). The van der Waals surface area contributed by atoms with Crippen molar-refractivity contribution in [3.63, 3.8) is 0 Å². The van der Waals surface area contributed by atoms with Gasteiger partial charge in [0.15, 0.2) is 0 Å². The van der Waals surface area contributed by atoms with Crippen LogP contribution in [-0.2, 0) is 6.42 Å². The van der Waals surface area contributed by atoms with Crippen molar-refractivity contribution in [1.29, 1.82) is 0 Å². The summed E-state index contributed by atoms with van der Waals surface area (Å²) >= 11 is 6.81. The molecule has 0 saturated heterocycles. The largest absolute Gasteiger partial charge is 0.234 e. The third-order valence-corrected chi connectivity index (χ3v) is 3.20. The third kappa shape index (κ3) is 5.67. The molecule has 1 nitrogen and oxygen atoms in total. The first-order valence-corrected chi connectivity index (χ1v) is 7.13. The predicted molar refractivity (Wildman–Crippen MR) is 72.1 cm³/mol. The molecule has 0 atom stereocenters. The number of halogens is 2. The molecule has 0 aliphatic heterocycles. The second kappa shape index (κ2) is 7.39. The molecule has 1 heterocycles. The van der Waals surface area contributed by atoms with Gasteiger partial charge in [0.1, 0.15) is 9.21 Å². The predicted octanol–water partition coefficient (Wildman–Crippen LogP) is 5.12. The van der Waals surface area contributed by atoms with Crippen LogP contribution in [0.3, 0.4) is 0 Å². The van der Waals surface area contributed by atoms with Crippen LogP contribution >= 0.6 is 31.9 Å². The van der Waals surface area contributed by atoms with E-state index < -0.39 is 0 Å². The Morgan fingerprint density at radius 3 is 2.20 bits per heavy atom. The molecule has 0 bridgehead atoms. The van der Waals surface area contributed by atoms with E-state index in [1.54, 1.807) is 0 Å². The first-order chi connectivity index (χ1) is 7.22. The summed E-state index contributed by atoms with van der Waals surface area (Å²) < 4.78 is 1.83. The van der Waals surface area contributed by atoms with Crippen molar-refractivity contribution in [2.75, 3.05) is 0 Å². The topological polar surface area (TPSA) is 12.9 Å². The molecule has 1 aromatic heterocycles. The molecule has 0 fully saturated rings. The molecule has 84 valence electrons. The third-order valence-electron chi connectivity index (χ3n) is 2.39. The van der Waals surface area contributed by atoms with Crippen LogP contribution in [0.25, 0.3) is 0 Å². The minimum absolute atomic E-state index is 0.917. The van der Waals surface area contributed by atoms with E-state index in [1.807, 2.05) is 0 Å². The molecule has 15 heavy (non-hydrogen) atoms. The van der Waals surface area contributed by atoms with E-state index >= 15 is 0 Å². The van der Waals surface area contributed by atoms with Crippen LogP contribution in [0.15, 0.2) is 21.3 Å². The van der Waals surface area contributed by atoms with Gasteiger partial charge < -0.3 is 0 Å². The Morgan fingerprint density at radius 2 is 1.60 bits per heavy atom. The molecule has 0 amide bonds. The standard InChI is InChI=1S/C12H17Br2N/c1-2-3-4-5-6-7-10-8-11(13)15-12(14)9-10/h8-9H,2-7H2,1H3. The summed E-state index contributed by atoms with van der Waals surface area (Å²) in [7, 11) is 0. The van der Waals surface area contributed by atoms with Gasteiger partial charge in [-0.1, -0.05) is 32.6 Å². The van der Waals surface area contributed by atoms with Crippen LogP contribution in [-0.4, -0.2) is 4.98 Å². The molecule has 0 aliphatic rings. The quantitative estimate of drug-likeness (QED) is 0.519. The Hall–Kier alpha value is 0.110. The van der Waals surface area contributed by atoms with Gasteiger partial charge in [-0.05, 0) is 62.4 Å². The highest BCUT2D eigenvalue weighted by molar-refractivity contribution is 9.11. The Labute approximate surface area is 109 Å². The van der Waals surface area contributed by atoms with Crippen molar-refractivity contribution in [3.8, 4) is 0 Å². The van der Waals surface area contributed by atoms with Gasteiger partial charge >= 0.3 is 0 Å². The van der Waals surface area contributed by atoms with Crippen LogP contribution in [0.5, 0.6) is 0 Å². The highest BCUT2D eigenvalue weighted by Gasteiger charge is 1.98. The summed E-state index contributed by atoms with van der Waals surface area (Å²) in [4.78, 5) is 4.23. The van der Waals surface area contributed by atoms with Gasteiger partial charge in [-0.25, -0.2) is 4.98 Å². The van der Waals surface area contributed by atoms with Crippen LogP contribution < -0.4 is 0 Å². The van der Waals surface area contributed by atoms with Gasteiger partial charge in [0.2, 0.25) is 0 Å². The van der Waals surface area contributed by atoms with Gasteiger partial charge in [0.05, 0.1) is 0 Å². The molecule has 0 unspecified atom stereocenters. The number of nitrogens with zero attached hydrogens (tertiary/aromatic N) is 1. The molecule has 1 aromatic rings. The number of aryl methyl sites for hydroxylation is 1. The Bertz CT molecular complexity index is 279. The van der Waals surface area contributed by atoms with Gasteiger partial charge in [0.25, 0.3) is 0 Å². The number of aromatic nitrogens is 1. The maximum atomic E-state index is 4.23. The van der Waals surface area contributed by atoms with Gasteiger partial charge in [0, 0.05) is 0 Å². The molecule has 0 N–H and O–H groups in total. The van der Waals surface area contributed by atoms with Crippen molar-refractivity contribution in [3.05, 3.63) is 26.9 Å². The normalized spacial score (nSPS) is 10.6. The van der Waals surface area contributed by atoms with Crippen molar-refractivity contribution in [2.45, 2.75) is 45.4 Å². The molecule has 0 spiro atoms. The van der Waals surface area contributed by atoms with Crippen molar-refractivity contribution in [1.82, 2.24) is 4.98 Å². The van der Waals surface area contributed by atoms with Crippen LogP contribution in [0.4, 0.5) is 0 Å². The molecular formula is C12H17Br2N. The first-order valence-electron chi connectivity index (χ1n) is 5.54. The zero-order valence-electron chi connectivity index (χ0n) is 9.10. The zero-order valence-corrected chi connectivity index (χ0v) is 12.3. The number of hydrogen-bond donors (Lipinski definition) is 0. The number of pyridine rings is 1. The summed E-state index contributed by atoms with van der Waals surface area (Å²) in [5, 5.41) is 0. The van der Waals surface area contributed by atoms with Crippen molar-refractivity contribution >= 4 is 31.9 Å². The van der Waals surface area contributed by atoms with Crippen molar-refractivity contribution in [2.24, 2.45) is 0 Å². The van der Waals surface area contributed by atoms with Crippen molar-refractivity contribution < 1.29 is 0 Å². The van der Waals surface area contributed by atoms with E-state index in [2.05, 4.69) is 55.9 Å². The van der Waals surface area contributed by atoms with Crippen LogP contribution in [0.2, 0.25) is 0 Å². The van der Waals surface area contributed by atoms with Gasteiger partial charge in [-0.15, -0.1) is 0 Å². The summed E-state index contributed by atoms with van der Waals surface area (Å²) in [6.07, 6.45) is 7.82. The van der Waals surface area contributed by atoms with E-state index in [0.717, 1.165) is 15.6 Å². The lowest BCUT2D eigenvalue weighted by atomic mass is 10.1. The van der Waals surface area contributed by atoms with Crippen LogP contribution in [0, 0.1) is 0 Å². The number of unbranched alkanes of at least 4 members (excludes halogenated alkanes) is 4. The fourth-order valence-corrected chi connectivity index (χ4v) is 2.80. The zero-order chi connectivity index (χ0) is 11.1. The Kier molecular flexibility index (Phi) is 6.50. The number of rotatable bonds is 6. The average molecular weight is 335 g/mol. The van der Waals surface area contributed by atoms with E-state index in [-0.39, 0.29) is 0 Å². The first kappa shape index (κ1) is 13.2. The number of hydrogen-bond acceptors (Lipinski definition) is 1. The average Bonchev–Trinajstić information content (AvgIpc) is 2.16. The summed E-state index contributed by atoms with van der Waals surface area (Å²) in [5.74, 6) is 0. The highest BCUT2D eigenvalue weighted by atomic mass is 79.9. The second-order valence-electron chi connectivity index (χ2n) is 3.79. The Morgan fingerprint density at radius 1 is 1.00 bits per heavy atom. The molecule has 0 aliphatic carbocycles. The maximum absolute atomic E-state index is 4.23. The van der Waals surface area contributed by atoms with E-state index in [1.165, 1.54) is 37.7 Å². The lowest BCUT2D eigenvalue weighted by Gasteiger charge is -2.03. The summed E-state index contributed by atoms with van der Waals surface area (Å²) in [6, 6.07) is 4.20. The SMILES string of the molecule is CCCCCCCc1cc(Br)nc(Br)c1. The maximum Gasteiger partial charge on any atom is 0.107 e. The van der Waals surface area contributed by atoms with Gasteiger partial charge in [-0.2, -0.15) is 0 Å². The smallest absolute Gasteiger partial charge is 0.107 e. The lowest BCUT2D eigenvalue weighted by Crippen LogP contribution is -1.88. The van der Waals surface area contributed by atoms with E-state index in [4.69, 9.17) is 0 Å². The minimum Gasteiger partial charge on any atom is -0.234 e. The fourth-order valence-electron chi connectivity index (χ4n) is 1.59. The highest BCUT2D eigenvalue weighted by Crippen LogP contribution is 2.17. The molecule has 3 heteroatoms. The fraction of sp³-hybridized carbons (Fsp3) is 0.583. The summed E-state index contributed by atoms with van der Waals surface area (Å²) in [5.41, 5.74) is 1.36. The Balaban J connectivity index is 2.31. The molecule has 0 radical (unpaired) electrons. The van der Waals surface area contributed by atoms with E-state index in [0.29, 0.717) is 0 Å². The molecule has 0 aromatic carbocycles. The summed E-state index contributed by atoms with van der Waals surface area (Å²) in [6.45, 7) is 2.25. The lowest BCUT2D eigenvalue weighted by molar-refractivity contribution is 0.632. The van der Waals surface area contributed by atoms with Crippen LogP contribution in [0.1, 0.15) is 44.6 Å². The minimum atomic E-state index is 0.917. The monoisotopic (exact) mass is 333 g/mol. The molecular weight excluding hydrogens is 318 g/mol. The second-order valence-corrected chi connectivity index (χ2v) is 5.41.